The van der Waals surface area contributed by atoms with Crippen LogP contribution in [0.25, 0.3) is 0 Å². The zero-order valence-corrected chi connectivity index (χ0v) is 16.0. The molecule has 1 aliphatic heterocycles. The van der Waals surface area contributed by atoms with Gasteiger partial charge in [0.1, 0.15) is 5.54 Å². The van der Waals surface area contributed by atoms with Crippen LogP contribution in [-0.2, 0) is 22.3 Å². The second-order valence-electron chi connectivity index (χ2n) is 8.08. The van der Waals surface area contributed by atoms with Crippen LogP contribution in [0, 0.1) is 11.3 Å². The van der Waals surface area contributed by atoms with Gasteiger partial charge in [0.25, 0.3) is 5.91 Å². The van der Waals surface area contributed by atoms with Crippen LogP contribution in [0.5, 0.6) is 0 Å². The average Bonchev–Trinajstić information content (AvgIpc) is 2.85. The van der Waals surface area contributed by atoms with Crippen molar-refractivity contribution in [3.05, 3.63) is 70.8 Å². The SMILES string of the molecule is CC(C)(C)c1ccc(CN2C(=O)NC(C)(c3ccc(C#N)cc3)C2=O)cc1. The third kappa shape index (κ3) is 3.43. The molecule has 1 atom stereocenters. The Morgan fingerprint density at radius 2 is 1.63 bits per heavy atom. The molecule has 5 heteroatoms. The molecule has 3 amide bonds. The van der Waals surface area contributed by atoms with E-state index in [0.29, 0.717) is 11.1 Å². The number of hydrogen-bond donors (Lipinski definition) is 1. The molecule has 0 radical (unpaired) electrons. The average molecular weight is 361 g/mol. The molecule has 0 aliphatic carbocycles. The Labute approximate surface area is 159 Å². The first kappa shape index (κ1) is 18.7. The first-order chi connectivity index (χ1) is 12.6. The summed E-state index contributed by atoms with van der Waals surface area (Å²) in [5, 5.41) is 11.7. The van der Waals surface area contributed by atoms with E-state index < -0.39 is 11.6 Å². The summed E-state index contributed by atoms with van der Waals surface area (Å²) in [5.74, 6) is -0.294. The van der Waals surface area contributed by atoms with Gasteiger partial charge in [0, 0.05) is 0 Å². The highest BCUT2D eigenvalue weighted by Crippen LogP contribution is 2.30. The third-order valence-corrected chi connectivity index (χ3v) is 5.03. The van der Waals surface area contributed by atoms with Crippen molar-refractivity contribution in [3.63, 3.8) is 0 Å². The highest BCUT2D eigenvalue weighted by Gasteiger charge is 2.48. The topological polar surface area (TPSA) is 73.2 Å². The number of carbonyl (C=O) groups excluding carboxylic acids is 2. The number of nitrogens with zero attached hydrogens (tertiary/aromatic N) is 2. The molecule has 3 rings (SSSR count). The molecule has 2 aromatic rings. The van der Waals surface area contributed by atoms with Gasteiger partial charge in [0.05, 0.1) is 18.2 Å². The van der Waals surface area contributed by atoms with Gasteiger partial charge in [-0.15, -0.1) is 0 Å². The van der Waals surface area contributed by atoms with Crippen LogP contribution >= 0.6 is 0 Å². The fraction of sp³-hybridized carbons (Fsp3) is 0.318. The summed E-state index contributed by atoms with van der Waals surface area (Å²) in [6.45, 7) is 8.34. The van der Waals surface area contributed by atoms with E-state index in [4.69, 9.17) is 5.26 Å². The van der Waals surface area contributed by atoms with Gasteiger partial charge in [-0.3, -0.25) is 9.69 Å². The highest BCUT2D eigenvalue weighted by molar-refractivity contribution is 6.07. The molecule has 0 saturated carbocycles. The molecule has 0 bridgehead atoms. The minimum atomic E-state index is -1.13. The second kappa shape index (κ2) is 6.55. The van der Waals surface area contributed by atoms with Crippen molar-refractivity contribution in [2.24, 2.45) is 0 Å². The number of benzene rings is 2. The lowest BCUT2D eigenvalue weighted by molar-refractivity contribution is -0.131. The first-order valence-corrected chi connectivity index (χ1v) is 8.89. The van der Waals surface area contributed by atoms with Crippen LogP contribution in [0.4, 0.5) is 4.79 Å². The molecule has 1 heterocycles. The predicted molar refractivity (Wildman–Crippen MR) is 103 cm³/mol. The zero-order chi connectivity index (χ0) is 19.8. The number of imide groups is 1. The fourth-order valence-corrected chi connectivity index (χ4v) is 3.21. The Balaban J connectivity index is 1.82. The Morgan fingerprint density at radius 1 is 1.04 bits per heavy atom. The third-order valence-electron chi connectivity index (χ3n) is 5.03. The standard InChI is InChI=1S/C22H23N3O2/c1-21(2,3)17-9-7-16(8-10-17)14-25-19(26)22(4,24-20(25)27)18-11-5-15(13-23)6-12-18/h5-12H,14H2,1-4H3,(H,24,27). The summed E-state index contributed by atoms with van der Waals surface area (Å²) in [6.07, 6.45) is 0. The van der Waals surface area contributed by atoms with E-state index in [1.54, 1.807) is 31.2 Å². The van der Waals surface area contributed by atoms with Gasteiger partial charge in [-0.1, -0.05) is 57.2 Å². The summed E-state index contributed by atoms with van der Waals surface area (Å²) in [6, 6.07) is 16.3. The summed E-state index contributed by atoms with van der Waals surface area (Å²) in [7, 11) is 0. The van der Waals surface area contributed by atoms with Crippen LogP contribution in [-0.4, -0.2) is 16.8 Å². The van der Waals surface area contributed by atoms with Crippen molar-refractivity contribution in [1.29, 1.82) is 5.26 Å². The van der Waals surface area contributed by atoms with E-state index in [1.165, 1.54) is 10.5 Å². The predicted octanol–water partition coefficient (Wildman–Crippen LogP) is 3.82. The lowest BCUT2D eigenvalue weighted by atomic mass is 9.86. The van der Waals surface area contributed by atoms with Gasteiger partial charge in [-0.2, -0.15) is 5.26 Å². The molecule has 1 N–H and O–H groups in total. The lowest BCUT2D eigenvalue weighted by Gasteiger charge is -2.22. The minimum absolute atomic E-state index is 0.0491. The second-order valence-corrected chi connectivity index (χ2v) is 8.08. The van der Waals surface area contributed by atoms with Gasteiger partial charge in [-0.05, 0) is 41.2 Å². The maximum Gasteiger partial charge on any atom is 0.325 e. The summed E-state index contributed by atoms with van der Waals surface area (Å²) in [5.41, 5.74) is 2.19. The number of nitriles is 1. The van der Waals surface area contributed by atoms with Gasteiger partial charge in [-0.25, -0.2) is 4.79 Å². The highest BCUT2D eigenvalue weighted by atomic mass is 16.2. The van der Waals surface area contributed by atoms with E-state index in [0.717, 1.165) is 5.56 Å². The molecule has 138 valence electrons. The summed E-state index contributed by atoms with van der Waals surface area (Å²) < 4.78 is 0. The molecule has 1 aliphatic rings. The number of rotatable bonds is 3. The van der Waals surface area contributed by atoms with Crippen LogP contribution in [0.1, 0.15) is 49.9 Å². The summed E-state index contributed by atoms with van der Waals surface area (Å²) >= 11 is 0. The van der Waals surface area contributed by atoms with Crippen LogP contribution < -0.4 is 5.32 Å². The van der Waals surface area contributed by atoms with Crippen molar-refractivity contribution in [2.75, 3.05) is 0 Å². The van der Waals surface area contributed by atoms with Gasteiger partial charge in [0.15, 0.2) is 0 Å². The van der Waals surface area contributed by atoms with Gasteiger partial charge in [0.2, 0.25) is 0 Å². The van der Waals surface area contributed by atoms with Crippen LogP contribution in [0.3, 0.4) is 0 Å². The van der Waals surface area contributed by atoms with Crippen molar-refractivity contribution in [3.8, 4) is 6.07 Å². The van der Waals surface area contributed by atoms with Crippen molar-refractivity contribution in [2.45, 2.75) is 45.2 Å². The number of carbonyl (C=O) groups is 2. The molecule has 1 fully saturated rings. The Hall–Kier alpha value is -3.13. The molecule has 1 unspecified atom stereocenters. The number of hydrogen-bond acceptors (Lipinski definition) is 3. The smallest absolute Gasteiger partial charge is 0.319 e. The number of urea groups is 1. The quantitative estimate of drug-likeness (QED) is 0.845. The molecule has 1 saturated heterocycles. The van der Waals surface area contributed by atoms with E-state index in [-0.39, 0.29) is 17.9 Å². The van der Waals surface area contributed by atoms with E-state index in [1.807, 2.05) is 24.3 Å². The molecule has 0 spiro atoms. The van der Waals surface area contributed by atoms with Gasteiger partial charge >= 0.3 is 6.03 Å². The normalized spacial score (nSPS) is 19.7. The zero-order valence-electron chi connectivity index (χ0n) is 16.0. The first-order valence-electron chi connectivity index (χ1n) is 8.89. The van der Waals surface area contributed by atoms with E-state index >= 15 is 0 Å². The molecule has 2 aromatic carbocycles. The molecule has 27 heavy (non-hydrogen) atoms. The summed E-state index contributed by atoms with van der Waals surface area (Å²) in [4.78, 5) is 26.7. The number of amides is 3. The maximum absolute atomic E-state index is 13.0. The molecule has 5 nitrogen and oxygen atoms in total. The van der Waals surface area contributed by atoms with Crippen LogP contribution in [0.15, 0.2) is 48.5 Å². The van der Waals surface area contributed by atoms with E-state index in [2.05, 4.69) is 32.2 Å². The lowest BCUT2D eigenvalue weighted by Crippen LogP contribution is -2.40. The fourth-order valence-electron chi connectivity index (χ4n) is 3.21. The van der Waals surface area contributed by atoms with E-state index in [9.17, 15) is 9.59 Å². The van der Waals surface area contributed by atoms with Crippen molar-refractivity contribution < 1.29 is 9.59 Å². The van der Waals surface area contributed by atoms with Crippen molar-refractivity contribution >= 4 is 11.9 Å². The molecule has 0 aromatic heterocycles. The Kier molecular flexibility index (Phi) is 4.52. The van der Waals surface area contributed by atoms with Gasteiger partial charge < -0.3 is 5.32 Å². The van der Waals surface area contributed by atoms with Crippen molar-refractivity contribution in [1.82, 2.24) is 10.2 Å². The number of nitrogens with one attached hydrogen (secondary N) is 1. The monoisotopic (exact) mass is 361 g/mol. The molecular weight excluding hydrogens is 338 g/mol. The largest absolute Gasteiger partial charge is 0.325 e. The van der Waals surface area contributed by atoms with Crippen LogP contribution in [0.2, 0.25) is 0 Å². The Morgan fingerprint density at radius 3 is 2.15 bits per heavy atom. The minimum Gasteiger partial charge on any atom is -0.319 e. The maximum atomic E-state index is 13.0. The Bertz CT molecular complexity index is 918. The molecular formula is C22H23N3O2.